The van der Waals surface area contributed by atoms with Gasteiger partial charge >= 0.3 is 0 Å². The molecule has 0 aliphatic heterocycles. The Morgan fingerprint density at radius 1 is 0.933 bits per heavy atom. The molecule has 0 aliphatic carbocycles. The van der Waals surface area contributed by atoms with Crippen LogP contribution in [0.15, 0.2) is 60.7 Å². The van der Waals surface area contributed by atoms with E-state index in [2.05, 4.69) is 45.9 Å². The molecule has 4 heteroatoms. The summed E-state index contributed by atoms with van der Waals surface area (Å²) < 4.78 is 18.8. The second kappa shape index (κ2) is 9.10. The molecule has 1 unspecified atom stereocenters. The Morgan fingerprint density at radius 2 is 1.57 bits per heavy atom. The molecule has 0 heterocycles. The van der Waals surface area contributed by atoms with Gasteiger partial charge in [-0.2, -0.15) is 0 Å². The Morgan fingerprint density at radius 3 is 2.17 bits per heavy atom. The Kier molecular flexibility index (Phi) is 6.73. The smallest absolute Gasteiger partial charge is 0.249 e. The number of aromatic hydroxyl groups is 1. The number of phenolic OH excluding ortho intramolecular Hbond substituents is 1. The largest absolute Gasteiger partial charge is 0.508 e. The van der Waals surface area contributed by atoms with Crippen LogP contribution in [0.25, 0.3) is 0 Å². The minimum atomic E-state index is -2.81. The van der Waals surface area contributed by atoms with Gasteiger partial charge < -0.3 is 9.63 Å². The molecule has 0 bridgehead atoms. The topological polar surface area (TPSA) is 46.5 Å². The van der Waals surface area contributed by atoms with E-state index in [0.717, 1.165) is 17.5 Å². The minimum Gasteiger partial charge on any atom is -0.508 e. The van der Waals surface area contributed by atoms with Crippen LogP contribution in [0.3, 0.4) is 0 Å². The molecule has 0 aromatic heterocycles. The highest BCUT2D eigenvalue weighted by Crippen LogP contribution is 2.46. The van der Waals surface area contributed by atoms with E-state index in [0.29, 0.717) is 17.7 Å². The molecule has 0 saturated carbocycles. The Labute approximate surface area is 180 Å². The average Bonchev–Trinajstić information content (AvgIpc) is 2.65. The number of para-hydroxylation sites is 1. The summed E-state index contributed by atoms with van der Waals surface area (Å²) in [4.78, 5) is 0. The summed E-state index contributed by atoms with van der Waals surface area (Å²) in [5.41, 5.74) is 6.83. The summed E-state index contributed by atoms with van der Waals surface area (Å²) in [5.74, 6) is 1.27. The van der Waals surface area contributed by atoms with Crippen molar-refractivity contribution in [3.05, 3.63) is 94.0 Å². The third-order valence-corrected chi connectivity index (χ3v) is 6.90. The summed E-state index contributed by atoms with van der Waals surface area (Å²) in [6.45, 7) is 10.1. The molecule has 0 spiro atoms. The summed E-state index contributed by atoms with van der Waals surface area (Å²) in [6, 6.07) is 19.5. The zero-order chi connectivity index (χ0) is 21.9. The minimum absolute atomic E-state index is 0.276. The molecule has 30 heavy (non-hydrogen) atoms. The number of hydrogen-bond acceptors (Lipinski definition) is 3. The van der Waals surface area contributed by atoms with Gasteiger partial charge in [0.05, 0.1) is 6.16 Å². The van der Waals surface area contributed by atoms with E-state index in [9.17, 15) is 9.67 Å². The highest BCUT2D eigenvalue weighted by molar-refractivity contribution is 7.57. The van der Waals surface area contributed by atoms with Gasteiger partial charge in [-0.15, -0.1) is 0 Å². The molecule has 0 radical (unpaired) electrons. The first-order valence-electron chi connectivity index (χ1n) is 10.4. The summed E-state index contributed by atoms with van der Waals surface area (Å²) in [7, 11) is -2.81. The number of aryl methyl sites for hydroxylation is 2. The third-order valence-electron chi connectivity index (χ3n) is 5.36. The highest BCUT2D eigenvalue weighted by atomic mass is 31.2. The predicted octanol–water partition coefficient (Wildman–Crippen LogP) is 7.21. The normalized spacial score (nSPS) is 13.3. The fourth-order valence-electron chi connectivity index (χ4n) is 3.90. The van der Waals surface area contributed by atoms with Crippen LogP contribution in [0, 0.1) is 13.8 Å². The molecule has 3 rings (SSSR count). The molecule has 3 aromatic rings. The van der Waals surface area contributed by atoms with Crippen LogP contribution < -0.4 is 4.52 Å². The Bertz CT molecular complexity index is 1050. The van der Waals surface area contributed by atoms with Crippen molar-refractivity contribution in [1.82, 2.24) is 0 Å². The van der Waals surface area contributed by atoms with Crippen molar-refractivity contribution in [2.75, 3.05) is 6.66 Å². The standard InChI is InChI=1S/C26H31O3P/c1-18(2)24-15-21(11-12-26(24)27)16-25-19(3)13-22(14-20(25)4)17-30(5,28)29-23-9-7-6-8-10-23/h6-15,18,27H,16-17H2,1-5H3. The quantitative estimate of drug-likeness (QED) is 0.409. The average molecular weight is 423 g/mol. The van der Waals surface area contributed by atoms with Crippen molar-refractivity contribution < 1.29 is 14.2 Å². The molecule has 0 fully saturated rings. The lowest BCUT2D eigenvalue weighted by molar-refractivity contribution is 0.464. The fourth-order valence-corrected chi connectivity index (χ4v) is 5.38. The van der Waals surface area contributed by atoms with E-state index in [-0.39, 0.29) is 5.92 Å². The van der Waals surface area contributed by atoms with Crippen LogP contribution in [-0.2, 0) is 17.1 Å². The number of phenols is 1. The van der Waals surface area contributed by atoms with Gasteiger partial charge in [0.1, 0.15) is 11.5 Å². The van der Waals surface area contributed by atoms with Gasteiger partial charge in [0.15, 0.2) is 0 Å². The molecule has 1 N–H and O–H groups in total. The second-order valence-electron chi connectivity index (χ2n) is 8.51. The fraction of sp³-hybridized carbons (Fsp3) is 0.308. The van der Waals surface area contributed by atoms with Crippen LogP contribution in [0.2, 0.25) is 0 Å². The maximum absolute atomic E-state index is 13.0. The first-order valence-corrected chi connectivity index (χ1v) is 12.6. The zero-order valence-corrected chi connectivity index (χ0v) is 19.4. The maximum Gasteiger partial charge on any atom is 0.249 e. The first kappa shape index (κ1) is 22.2. The second-order valence-corrected chi connectivity index (χ2v) is 11.0. The lowest BCUT2D eigenvalue weighted by Crippen LogP contribution is -2.01. The number of rotatable bonds is 7. The Balaban J connectivity index is 1.80. The lowest BCUT2D eigenvalue weighted by atomic mass is 9.92. The highest BCUT2D eigenvalue weighted by Gasteiger charge is 2.20. The maximum atomic E-state index is 13.0. The third kappa shape index (κ3) is 5.55. The van der Waals surface area contributed by atoms with Gasteiger partial charge in [-0.05, 0) is 77.8 Å². The van der Waals surface area contributed by atoms with Crippen molar-refractivity contribution in [3.8, 4) is 11.5 Å². The van der Waals surface area contributed by atoms with E-state index in [1.165, 1.54) is 22.3 Å². The molecule has 0 saturated heterocycles. The molecule has 0 amide bonds. The van der Waals surface area contributed by atoms with Crippen molar-refractivity contribution in [2.24, 2.45) is 0 Å². The predicted molar refractivity (Wildman–Crippen MR) is 125 cm³/mol. The van der Waals surface area contributed by atoms with Crippen LogP contribution >= 0.6 is 7.37 Å². The molecule has 0 aliphatic rings. The van der Waals surface area contributed by atoms with Gasteiger partial charge in [0.25, 0.3) is 0 Å². The van der Waals surface area contributed by atoms with Crippen molar-refractivity contribution in [2.45, 2.75) is 46.2 Å². The van der Waals surface area contributed by atoms with E-state index in [1.54, 1.807) is 12.7 Å². The number of hydrogen-bond donors (Lipinski definition) is 1. The van der Waals surface area contributed by atoms with Gasteiger partial charge in [-0.25, -0.2) is 0 Å². The van der Waals surface area contributed by atoms with E-state index in [1.807, 2.05) is 36.4 Å². The molecular formula is C26H31O3P. The SMILES string of the molecule is Cc1cc(CP(C)(=O)Oc2ccccc2)cc(C)c1Cc1ccc(O)c(C(C)C)c1. The van der Waals surface area contributed by atoms with Crippen molar-refractivity contribution in [3.63, 3.8) is 0 Å². The Hall–Kier alpha value is -2.51. The van der Waals surface area contributed by atoms with Crippen molar-refractivity contribution >= 4 is 7.37 Å². The summed E-state index contributed by atoms with van der Waals surface area (Å²) in [6.07, 6.45) is 1.21. The zero-order valence-electron chi connectivity index (χ0n) is 18.5. The van der Waals surface area contributed by atoms with Crippen LogP contribution in [0.4, 0.5) is 0 Å². The number of benzene rings is 3. The van der Waals surface area contributed by atoms with E-state index in [4.69, 9.17) is 4.52 Å². The van der Waals surface area contributed by atoms with Gasteiger partial charge in [0.2, 0.25) is 7.37 Å². The monoisotopic (exact) mass is 422 g/mol. The van der Waals surface area contributed by atoms with Gasteiger partial charge in [-0.3, -0.25) is 4.57 Å². The molecule has 3 nitrogen and oxygen atoms in total. The summed E-state index contributed by atoms with van der Waals surface area (Å²) in [5, 5.41) is 10.1. The summed E-state index contributed by atoms with van der Waals surface area (Å²) >= 11 is 0. The van der Waals surface area contributed by atoms with Crippen LogP contribution in [0.5, 0.6) is 11.5 Å². The lowest BCUT2D eigenvalue weighted by Gasteiger charge is -2.18. The molecule has 158 valence electrons. The van der Waals surface area contributed by atoms with Crippen LogP contribution in [-0.4, -0.2) is 11.8 Å². The van der Waals surface area contributed by atoms with E-state index < -0.39 is 7.37 Å². The van der Waals surface area contributed by atoms with Gasteiger partial charge in [-0.1, -0.05) is 56.3 Å². The molecule has 3 aromatic carbocycles. The molecule has 1 atom stereocenters. The van der Waals surface area contributed by atoms with Crippen molar-refractivity contribution in [1.29, 1.82) is 0 Å². The van der Waals surface area contributed by atoms with Gasteiger partial charge in [0, 0.05) is 6.66 Å². The van der Waals surface area contributed by atoms with Crippen LogP contribution in [0.1, 0.15) is 53.1 Å². The van der Waals surface area contributed by atoms with E-state index >= 15 is 0 Å². The molecular weight excluding hydrogens is 391 g/mol. The first-order chi connectivity index (χ1) is 14.1.